The van der Waals surface area contributed by atoms with Crippen LogP contribution in [0.2, 0.25) is 0 Å². The molecular weight excluding hydrogens is 361 g/mol. The fraction of sp³-hybridized carbons (Fsp3) is 0.143. The van der Waals surface area contributed by atoms with Crippen molar-refractivity contribution in [3.8, 4) is 5.75 Å². The molecule has 0 aliphatic heterocycles. The van der Waals surface area contributed by atoms with E-state index in [-0.39, 0.29) is 10.9 Å². The molecule has 0 saturated heterocycles. The predicted octanol–water partition coefficient (Wildman–Crippen LogP) is 4.07. The largest absolute Gasteiger partial charge is 0.497 e. The van der Waals surface area contributed by atoms with Gasteiger partial charge in [-0.15, -0.1) is 0 Å². The molecule has 3 rings (SSSR count). The molecule has 27 heavy (non-hydrogen) atoms. The highest BCUT2D eigenvalue weighted by Gasteiger charge is 2.16. The first-order valence-corrected chi connectivity index (χ1v) is 8.86. The lowest BCUT2D eigenvalue weighted by atomic mass is 10.0. The number of halogens is 1. The number of aromatic nitrogens is 1. The van der Waals surface area contributed by atoms with Gasteiger partial charge < -0.3 is 10.5 Å². The Kier molecular flexibility index (Phi) is 5.98. The number of thiocarbonyl (C=S) groups is 1. The van der Waals surface area contributed by atoms with Crippen molar-refractivity contribution in [2.45, 2.75) is 13.0 Å². The number of hydrogen-bond donors (Lipinski definition) is 1. The van der Waals surface area contributed by atoms with E-state index in [2.05, 4.69) is 4.98 Å². The monoisotopic (exact) mass is 381 g/mol. The summed E-state index contributed by atoms with van der Waals surface area (Å²) in [6.07, 6.45) is 2.39. The molecule has 0 amide bonds. The Hall–Kier alpha value is -2.99. The lowest BCUT2D eigenvalue weighted by Gasteiger charge is -2.24. The van der Waals surface area contributed by atoms with Crippen LogP contribution in [0.15, 0.2) is 66.9 Å². The normalized spacial score (nSPS) is 10.4. The fourth-order valence-electron chi connectivity index (χ4n) is 2.80. The van der Waals surface area contributed by atoms with Crippen LogP contribution in [0.3, 0.4) is 0 Å². The van der Waals surface area contributed by atoms with Gasteiger partial charge in [0.05, 0.1) is 13.7 Å². The molecule has 2 N–H and O–H groups in total. The number of anilines is 1. The van der Waals surface area contributed by atoms with Gasteiger partial charge in [0.25, 0.3) is 0 Å². The van der Waals surface area contributed by atoms with Crippen molar-refractivity contribution < 1.29 is 9.13 Å². The second-order valence-corrected chi connectivity index (χ2v) is 6.48. The first-order valence-electron chi connectivity index (χ1n) is 8.45. The second kappa shape index (κ2) is 8.60. The number of benzene rings is 2. The minimum atomic E-state index is -0.279. The standard InChI is InChI=1S/C21H20FN3OS/c1-26-19-10-6-15(7-11-19)13-17-3-2-12-24-20(17)25(21(23)27)14-16-4-8-18(22)9-5-16/h2-12H,13-14H2,1H3,(H2,23,27). The molecule has 0 atom stereocenters. The van der Waals surface area contributed by atoms with E-state index in [1.165, 1.54) is 12.1 Å². The third-order valence-corrected chi connectivity index (χ3v) is 4.42. The minimum Gasteiger partial charge on any atom is -0.497 e. The van der Waals surface area contributed by atoms with Crippen LogP contribution in [0.25, 0.3) is 0 Å². The van der Waals surface area contributed by atoms with Gasteiger partial charge in [-0.25, -0.2) is 9.37 Å². The van der Waals surface area contributed by atoms with Crippen molar-refractivity contribution in [1.29, 1.82) is 0 Å². The van der Waals surface area contributed by atoms with Crippen molar-refractivity contribution in [2.75, 3.05) is 12.0 Å². The molecule has 138 valence electrons. The van der Waals surface area contributed by atoms with Gasteiger partial charge in [-0.05, 0) is 59.2 Å². The Labute approximate surface area is 163 Å². The van der Waals surface area contributed by atoms with Crippen molar-refractivity contribution in [1.82, 2.24) is 4.98 Å². The molecule has 4 nitrogen and oxygen atoms in total. The van der Waals surface area contributed by atoms with Crippen LogP contribution >= 0.6 is 12.2 Å². The van der Waals surface area contributed by atoms with E-state index in [9.17, 15) is 4.39 Å². The van der Waals surface area contributed by atoms with E-state index in [1.807, 2.05) is 36.4 Å². The summed E-state index contributed by atoms with van der Waals surface area (Å²) in [6, 6.07) is 18.0. The van der Waals surface area contributed by atoms with E-state index >= 15 is 0 Å². The first-order chi connectivity index (χ1) is 13.1. The number of methoxy groups -OCH3 is 1. The Morgan fingerprint density at radius 1 is 1.07 bits per heavy atom. The quantitative estimate of drug-likeness (QED) is 0.653. The number of hydrogen-bond acceptors (Lipinski definition) is 3. The van der Waals surface area contributed by atoms with Crippen molar-refractivity contribution in [3.05, 3.63) is 89.4 Å². The van der Waals surface area contributed by atoms with Crippen LogP contribution in [0.5, 0.6) is 5.75 Å². The van der Waals surface area contributed by atoms with E-state index in [4.69, 9.17) is 22.7 Å². The second-order valence-electron chi connectivity index (χ2n) is 6.06. The van der Waals surface area contributed by atoms with Gasteiger partial charge in [0.1, 0.15) is 17.4 Å². The molecule has 0 aliphatic carbocycles. The van der Waals surface area contributed by atoms with Gasteiger partial charge in [-0.1, -0.05) is 30.3 Å². The maximum Gasteiger partial charge on any atom is 0.172 e. The lowest BCUT2D eigenvalue weighted by Crippen LogP contribution is -2.36. The number of ether oxygens (including phenoxy) is 1. The van der Waals surface area contributed by atoms with E-state index in [0.29, 0.717) is 18.8 Å². The molecule has 2 aromatic carbocycles. The predicted molar refractivity (Wildman–Crippen MR) is 109 cm³/mol. The zero-order valence-corrected chi connectivity index (χ0v) is 15.7. The summed E-state index contributed by atoms with van der Waals surface area (Å²) >= 11 is 5.25. The average molecular weight is 381 g/mol. The van der Waals surface area contributed by atoms with Crippen molar-refractivity contribution in [3.63, 3.8) is 0 Å². The Morgan fingerprint density at radius 3 is 2.37 bits per heavy atom. The van der Waals surface area contributed by atoms with Gasteiger partial charge in [-0.2, -0.15) is 0 Å². The van der Waals surface area contributed by atoms with Crippen LogP contribution in [0, 0.1) is 5.82 Å². The summed E-state index contributed by atoms with van der Waals surface area (Å²) in [7, 11) is 1.64. The zero-order valence-electron chi connectivity index (χ0n) is 14.9. The Balaban J connectivity index is 1.88. The molecule has 0 aliphatic rings. The van der Waals surface area contributed by atoms with Crippen LogP contribution < -0.4 is 15.4 Å². The van der Waals surface area contributed by atoms with Crippen LogP contribution in [-0.2, 0) is 13.0 Å². The molecule has 0 bridgehead atoms. The number of nitrogens with zero attached hydrogens (tertiary/aromatic N) is 2. The van der Waals surface area contributed by atoms with Gasteiger partial charge in [-0.3, -0.25) is 4.90 Å². The fourth-order valence-corrected chi connectivity index (χ4v) is 2.96. The molecule has 1 heterocycles. The molecule has 0 radical (unpaired) electrons. The molecule has 1 aromatic heterocycles. The third-order valence-electron chi connectivity index (χ3n) is 4.20. The Bertz CT molecular complexity index is 913. The van der Waals surface area contributed by atoms with Gasteiger partial charge in [0.2, 0.25) is 0 Å². The summed E-state index contributed by atoms with van der Waals surface area (Å²) < 4.78 is 18.4. The first kappa shape index (κ1) is 18.8. The SMILES string of the molecule is COc1ccc(Cc2cccnc2N(Cc2ccc(F)cc2)C(N)=S)cc1. The number of pyridine rings is 1. The highest BCUT2D eigenvalue weighted by molar-refractivity contribution is 7.80. The maximum atomic E-state index is 13.2. The minimum absolute atomic E-state index is 0.217. The van der Waals surface area contributed by atoms with Crippen LogP contribution in [-0.4, -0.2) is 17.2 Å². The van der Waals surface area contributed by atoms with Gasteiger partial charge in [0, 0.05) is 12.6 Å². The summed E-state index contributed by atoms with van der Waals surface area (Å²) in [4.78, 5) is 6.27. The van der Waals surface area contributed by atoms with E-state index in [1.54, 1.807) is 30.3 Å². The smallest absolute Gasteiger partial charge is 0.172 e. The molecule has 0 unspecified atom stereocenters. The van der Waals surface area contributed by atoms with Gasteiger partial charge >= 0.3 is 0 Å². The van der Waals surface area contributed by atoms with Gasteiger partial charge in [0.15, 0.2) is 5.11 Å². The highest BCUT2D eigenvalue weighted by Crippen LogP contribution is 2.23. The van der Waals surface area contributed by atoms with E-state index < -0.39 is 0 Å². The zero-order chi connectivity index (χ0) is 19.2. The summed E-state index contributed by atoms with van der Waals surface area (Å²) in [6.45, 7) is 0.419. The molecular formula is C21H20FN3OS. The summed E-state index contributed by atoms with van der Waals surface area (Å²) in [5.41, 5.74) is 8.99. The Morgan fingerprint density at radius 2 is 1.74 bits per heavy atom. The molecule has 0 fully saturated rings. The highest BCUT2D eigenvalue weighted by atomic mass is 32.1. The van der Waals surface area contributed by atoms with Crippen LogP contribution in [0.4, 0.5) is 10.2 Å². The van der Waals surface area contributed by atoms with Crippen molar-refractivity contribution in [2.24, 2.45) is 5.73 Å². The summed E-state index contributed by atoms with van der Waals surface area (Å²) in [5.74, 6) is 1.23. The van der Waals surface area contributed by atoms with E-state index in [0.717, 1.165) is 22.4 Å². The molecule has 3 aromatic rings. The molecule has 0 saturated carbocycles. The third kappa shape index (κ3) is 4.80. The number of rotatable bonds is 6. The van der Waals surface area contributed by atoms with Crippen molar-refractivity contribution >= 4 is 23.1 Å². The molecule has 6 heteroatoms. The number of nitrogens with two attached hydrogens (primary N) is 1. The molecule has 0 spiro atoms. The summed E-state index contributed by atoms with van der Waals surface area (Å²) in [5, 5.41) is 0.217. The topological polar surface area (TPSA) is 51.4 Å². The van der Waals surface area contributed by atoms with Crippen LogP contribution in [0.1, 0.15) is 16.7 Å². The average Bonchev–Trinajstić information content (AvgIpc) is 2.68. The maximum absolute atomic E-state index is 13.2. The lowest BCUT2D eigenvalue weighted by molar-refractivity contribution is 0.414.